The molecule has 0 saturated carbocycles. The molecular formula is C14H17ClN4O3S. The number of aliphatic hydroxyl groups is 1. The van der Waals surface area contributed by atoms with E-state index in [1.165, 1.54) is 10.4 Å². The monoisotopic (exact) mass is 356 g/mol. The largest absolute Gasteiger partial charge is 0.387 e. The quantitative estimate of drug-likeness (QED) is 0.897. The van der Waals surface area contributed by atoms with Gasteiger partial charge in [-0.05, 0) is 31.5 Å². The Balaban J connectivity index is 1.76. The molecule has 1 atom stereocenters. The maximum atomic E-state index is 12.7. The highest BCUT2D eigenvalue weighted by molar-refractivity contribution is 7.89. The number of benzene rings is 1. The fraction of sp³-hybridized carbons (Fsp3) is 0.429. The van der Waals surface area contributed by atoms with E-state index in [4.69, 9.17) is 11.6 Å². The Morgan fingerprint density at radius 1 is 1.39 bits per heavy atom. The zero-order chi connectivity index (χ0) is 16.8. The van der Waals surface area contributed by atoms with E-state index in [0.29, 0.717) is 29.4 Å². The molecule has 9 heteroatoms. The van der Waals surface area contributed by atoms with Crippen LogP contribution in [0.25, 0.3) is 0 Å². The van der Waals surface area contributed by atoms with Crippen LogP contribution in [0, 0.1) is 6.92 Å². The number of rotatable bonds is 4. The Kier molecular flexibility index (Phi) is 4.18. The molecule has 23 heavy (non-hydrogen) atoms. The van der Waals surface area contributed by atoms with Crippen LogP contribution in [-0.4, -0.2) is 45.9 Å². The summed E-state index contributed by atoms with van der Waals surface area (Å²) in [6, 6.07) is 4.76. The minimum absolute atomic E-state index is 0.0794. The summed E-state index contributed by atoms with van der Waals surface area (Å²) >= 11 is 5.92. The average molecular weight is 357 g/mol. The van der Waals surface area contributed by atoms with Crippen LogP contribution in [0.5, 0.6) is 0 Å². The topological polar surface area (TPSA) is 88.3 Å². The van der Waals surface area contributed by atoms with Crippen LogP contribution >= 0.6 is 11.6 Å². The molecule has 0 aliphatic carbocycles. The van der Waals surface area contributed by atoms with Gasteiger partial charge < -0.3 is 5.11 Å². The SMILES string of the molecule is Cc1ccc(Cl)cc1S(=O)(=O)N1CC(n2cc(C(C)O)nn2)C1. The first-order valence-corrected chi connectivity index (χ1v) is 8.97. The second-order valence-electron chi connectivity index (χ2n) is 5.69. The molecule has 124 valence electrons. The molecule has 0 radical (unpaired) electrons. The van der Waals surface area contributed by atoms with Gasteiger partial charge in [0.05, 0.1) is 23.2 Å². The Bertz CT molecular complexity index is 828. The molecule has 3 rings (SSSR count). The summed E-state index contributed by atoms with van der Waals surface area (Å²) in [4.78, 5) is 0.228. The van der Waals surface area contributed by atoms with E-state index in [1.54, 1.807) is 36.9 Å². The van der Waals surface area contributed by atoms with Crippen molar-refractivity contribution < 1.29 is 13.5 Å². The molecule has 7 nitrogen and oxygen atoms in total. The first-order valence-electron chi connectivity index (χ1n) is 7.15. The van der Waals surface area contributed by atoms with Crippen molar-refractivity contribution in [1.29, 1.82) is 0 Å². The van der Waals surface area contributed by atoms with E-state index >= 15 is 0 Å². The van der Waals surface area contributed by atoms with Gasteiger partial charge in [0.2, 0.25) is 10.0 Å². The Morgan fingerprint density at radius 3 is 2.70 bits per heavy atom. The van der Waals surface area contributed by atoms with Crippen molar-refractivity contribution in [3.63, 3.8) is 0 Å². The van der Waals surface area contributed by atoms with Gasteiger partial charge in [0.1, 0.15) is 5.69 Å². The first kappa shape index (κ1) is 16.4. The van der Waals surface area contributed by atoms with Gasteiger partial charge in [-0.15, -0.1) is 5.10 Å². The molecule has 0 bridgehead atoms. The lowest BCUT2D eigenvalue weighted by Gasteiger charge is -2.37. The van der Waals surface area contributed by atoms with Gasteiger partial charge in [-0.3, -0.25) is 0 Å². The maximum Gasteiger partial charge on any atom is 0.243 e. The van der Waals surface area contributed by atoms with Crippen molar-refractivity contribution >= 4 is 21.6 Å². The number of hydrogen-bond donors (Lipinski definition) is 1. The van der Waals surface area contributed by atoms with E-state index in [1.807, 2.05) is 0 Å². The summed E-state index contributed by atoms with van der Waals surface area (Å²) in [6.45, 7) is 3.98. The molecular weight excluding hydrogens is 340 g/mol. The molecule has 1 aliphatic heterocycles. The lowest BCUT2D eigenvalue weighted by atomic mass is 10.2. The molecule has 0 amide bonds. The fourth-order valence-corrected chi connectivity index (χ4v) is 4.43. The summed E-state index contributed by atoms with van der Waals surface area (Å²) in [5.74, 6) is 0. The van der Waals surface area contributed by atoms with Crippen LogP contribution in [0.4, 0.5) is 0 Å². The highest BCUT2D eigenvalue weighted by Gasteiger charge is 2.39. The minimum atomic E-state index is -3.57. The van der Waals surface area contributed by atoms with Gasteiger partial charge >= 0.3 is 0 Å². The number of halogens is 1. The second kappa shape index (κ2) is 5.86. The Morgan fingerprint density at radius 2 is 2.09 bits per heavy atom. The lowest BCUT2D eigenvalue weighted by molar-refractivity contribution is 0.187. The molecule has 1 aliphatic rings. The zero-order valence-electron chi connectivity index (χ0n) is 12.7. The number of aryl methyl sites for hydroxylation is 1. The summed E-state index contributed by atoms with van der Waals surface area (Å²) in [7, 11) is -3.57. The van der Waals surface area contributed by atoms with E-state index in [-0.39, 0.29) is 10.9 Å². The molecule has 2 heterocycles. The van der Waals surface area contributed by atoms with Crippen molar-refractivity contribution in [3.05, 3.63) is 40.7 Å². The lowest BCUT2D eigenvalue weighted by Crippen LogP contribution is -2.50. The Hall–Kier alpha value is -1.48. The third-order valence-electron chi connectivity index (χ3n) is 3.93. The minimum Gasteiger partial charge on any atom is -0.387 e. The predicted octanol–water partition coefficient (Wildman–Crippen LogP) is 1.54. The zero-order valence-corrected chi connectivity index (χ0v) is 14.3. The van der Waals surface area contributed by atoms with Gasteiger partial charge in [0, 0.05) is 18.1 Å². The van der Waals surface area contributed by atoms with Crippen molar-refractivity contribution in [2.45, 2.75) is 30.9 Å². The summed E-state index contributed by atoms with van der Waals surface area (Å²) in [5, 5.41) is 17.7. The molecule has 2 aromatic rings. The number of nitrogens with zero attached hydrogens (tertiary/aromatic N) is 4. The summed E-state index contributed by atoms with van der Waals surface area (Å²) in [6.07, 6.45) is 0.946. The molecule has 1 N–H and O–H groups in total. The van der Waals surface area contributed by atoms with E-state index < -0.39 is 16.1 Å². The van der Waals surface area contributed by atoms with Crippen molar-refractivity contribution in [2.75, 3.05) is 13.1 Å². The summed E-state index contributed by atoms with van der Waals surface area (Å²) < 4.78 is 28.3. The van der Waals surface area contributed by atoms with Crippen LogP contribution in [0.3, 0.4) is 0 Å². The van der Waals surface area contributed by atoms with Gasteiger partial charge in [-0.25, -0.2) is 13.1 Å². The molecule has 1 aromatic carbocycles. The first-order chi connectivity index (χ1) is 10.8. The molecule has 1 fully saturated rings. The average Bonchev–Trinajstić information content (AvgIpc) is 2.89. The third kappa shape index (κ3) is 2.99. The van der Waals surface area contributed by atoms with Crippen LogP contribution in [0.2, 0.25) is 5.02 Å². The number of aliphatic hydroxyl groups excluding tert-OH is 1. The Labute approximate surface area is 139 Å². The van der Waals surface area contributed by atoms with Gasteiger partial charge in [0.15, 0.2) is 0 Å². The van der Waals surface area contributed by atoms with Crippen LogP contribution < -0.4 is 0 Å². The highest BCUT2D eigenvalue weighted by atomic mass is 35.5. The van der Waals surface area contributed by atoms with E-state index in [9.17, 15) is 13.5 Å². The number of aromatic nitrogens is 3. The normalized spacial score (nSPS) is 17.9. The van der Waals surface area contributed by atoms with Gasteiger partial charge in [-0.1, -0.05) is 22.9 Å². The smallest absolute Gasteiger partial charge is 0.243 e. The molecule has 1 unspecified atom stereocenters. The van der Waals surface area contributed by atoms with Crippen molar-refractivity contribution in [3.8, 4) is 0 Å². The van der Waals surface area contributed by atoms with E-state index in [2.05, 4.69) is 10.3 Å². The molecule has 1 saturated heterocycles. The van der Waals surface area contributed by atoms with Crippen molar-refractivity contribution in [1.82, 2.24) is 19.3 Å². The van der Waals surface area contributed by atoms with Crippen molar-refractivity contribution in [2.24, 2.45) is 0 Å². The van der Waals surface area contributed by atoms with E-state index in [0.717, 1.165) is 0 Å². The van der Waals surface area contributed by atoms with Crippen LogP contribution in [0.15, 0.2) is 29.3 Å². The standard InChI is InChI=1S/C14H17ClN4O3S/c1-9-3-4-11(15)5-14(9)23(21,22)18-6-12(7-18)19-8-13(10(2)20)16-17-19/h3-5,8,10,12,20H,6-7H2,1-2H3. The fourth-order valence-electron chi connectivity index (χ4n) is 2.43. The third-order valence-corrected chi connectivity index (χ3v) is 6.14. The summed E-state index contributed by atoms with van der Waals surface area (Å²) in [5.41, 5.74) is 1.13. The van der Waals surface area contributed by atoms with Gasteiger partial charge in [-0.2, -0.15) is 4.31 Å². The molecule has 1 aromatic heterocycles. The number of hydrogen-bond acceptors (Lipinski definition) is 5. The number of sulfonamides is 1. The highest BCUT2D eigenvalue weighted by Crippen LogP contribution is 2.30. The second-order valence-corrected chi connectivity index (χ2v) is 8.03. The maximum absolute atomic E-state index is 12.7. The van der Waals surface area contributed by atoms with Gasteiger partial charge in [0.25, 0.3) is 0 Å². The predicted molar refractivity (Wildman–Crippen MR) is 84.6 cm³/mol. The van der Waals surface area contributed by atoms with Crippen LogP contribution in [0.1, 0.15) is 30.3 Å². The van der Waals surface area contributed by atoms with Crippen LogP contribution in [-0.2, 0) is 10.0 Å². The molecule has 0 spiro atoms.